The van der Waals surface area contributed by atoms with E-state index in [2.05, 4.69) is 9.88 Å². The quantitative estimate of drug-likeness (QED) is 0.933. The lowest BCUT2D eigenvalue weighted by Gasteiger charge is -2.32. The van der Waals surface area contributed by atoms with Crippen LogP contribution < -0.4 is 4.90 Å². The lowest BCUT2D eigenvalue weighted by atomic mass is 10.0. The molecule has 1 aliphatic rings. The molecule has 2 aromatic rings. The van der Waals surface area contributed by atoms with Crippen LogP contribution in [0.5, 0.6) is 0 Å². The van der Waals surface area contributed by atoms with Gasteiger partial charge in [0.2, 0.25) is 0 Å². The number of aromatic nitrogens is 1. The Kier molecular flexibility index (Phi) is 3.75. The van der Waals surface area contributed by atoms with Gasteiger partial charge in [-0.15, -0.1) is 0 Å². The lowest BCUT2D eigenvalue weighted by Crippen LogP contribution is -2.43. The van der Waals surface area contributed by atoms with Gasteiger partial charge in [0.1, 0.15) is 5.92 Å². The summed E-state index contributed by atoms with van der Waals surface area (Å²) < 4.78 is 5.41. The molecule has 110 valence electrons. The normalized spacial score (nSPS) is 21.6. The minimum Gasteiger partial charge on any atom is -0.481 e. The molecule has 0 bridgehead atoms. The number of carboxylic acids is 1. The van der Waals surface area contributed by atoms with Gasteiger partial charge in [-0.25, -0.2) is 0 Å². The maximum absolute atomic E-state index is 11.4. The largest absolute Gasteiger partial charge is 0.481 e. The Balaban J connectivity index is 2.04. The summed E-state index contributed by atoms with van der Waals surface area (Å²) in [4.78, 5) is 17.9. The van der Waals surface area contributed by atoms with Crippen LogP contribution in [0.25, 0.3) is 10.9 Å². The molecule has 1 aromatic heterocycles. The van der Waals surface area contributed by atoms with E-state index in [0.29, 0.717) is 6.61 Å². The second kappa shape index (κ2) is 5.69. The number of rotatable bonds is 4. The number of carboxylic acid groups (broad SMARTS) is 1. The minimum atomic E-state index is -0.797. The predicted molar refractivity (Wildman–Crippen MR) is 80.5 cm³/mol. The first-order valence-electron chi connectivity index (χ1n) is 7.13. The standard InChI is InChI=1S/C16H18N2O3/c1-2-18(15-10-21-9-12(15)16(19)20)14-7-8-17-13-6-4-3-5-11(13)14/h3-8,12,15H,2,9-10H2,1H3,(H,19,20). The van der Waals surface area contributed by atoms with Crippen LogP contribution >= 0.6 is 0 Å². The smallest absolute Gasteiger partial charge is 0.311 e. The van der Waals surface area contributed by atoms with E-state index in [4.69, 9.17) is 4.74 Å². The maximum atomic E-state index is 11.4. The van der Waals surface area contributed by atoms with Crippen molar-refractivity contribution < 1.29 is 14.6 Å². The number of para-hydroxylation sites is 1. The highest BCUT2D eigenvalue weighted by Gasteiger charge is 2.38. The molecule has 2 unspecified atom stereocenters. The van der Waals surface area contributed by atoms with Crippen molar-refractivity contribution in [2.24, 2.45) is 5.92 Å². The van der Waals surface area contributed by atoms with E-state index in [-0.39, 0.29) is 12.6 Å². The van der Waals surface area contributed by atoms with E-state index in [1.54, 1.807) is 6.20 Å². The van der Waals surface area contributed by atoms with Crippen molar-refractivity contribution in [3.05, 3.63) is 36.5 Å². The molecule has 21 heavy (non-hydrogen) atoms. The van der Waals surface area contributed by atoms with Crippen LogP contribution in [0.15, 0.2) is 36.5 Å². The van der Waals surface area contributed by atoms with E-state index in [0.717, 1.165) is 23.1 Å². The third-order valence-corrected chi connectivity index (χ3v) is 4.04. The number of pyridine rings is 1. The molecule has 0 radical (unpaired) electrons. The average molecular weight is 286 g/mol. The van der Waals surface area contributed by atoms with E-state index in [1.165, 1.54) is 0 Å². The Morgan fingerprint density at radius 2 is 2.19 bits per heavy atom. The molecule has 1 aromatic carbocycles. The van der Waals surface area contributed by atoms with Crippen molar-refractivity contribution in [2.45, 2.75) is 13.0 Å². The Hall–Kier alpha value is -2.14. The predicted octanol–water partition coefficient (Wildman–Crippen LogP) is 2.16. The highest BCUT2D eigenvalue weighted by atomic mass is 16.5. The van der Waals surface area contributed by atoms with Crippen LogP contribution in [0.3, 0.4) is 0 Å². The summed E-state index contributed by atoms with van der Waals surface area (Å²) in [5.41, 5.74) is 1.93. The molecule has 0 saturated carbocycles. The van der Waals surface area contributed by atoms with Gasteiger partial charge in [-0.3, -0.25) is 9.78 Å². The zero-order valence-electron chi connectivity index (χ0n) is 11.9. The van der Waals surface area contributed by atoms with E-state index in [1.807, 2.05) is 37.3 Å². The van der Waals surface area contributed by atoms with Gasteiger partial charge in [0, 0.05) is 23.8 Å². The summed E-state index contributed by atoms with van der Waals surface area (Å²) in [6.07, 6.45) is 1.77. The topological polar surface area (TPSA) is 62.7 Å². The Morgan fingerprint density at radius 1 is 1.38 bits per heavy atom. The number of likely N-dealkylation sites (N-methyl/N-ethyl adjacent to an activating group) is 1. The third-order valence-electron chi connectivity index (χ3n) is 4.04. The van der Waals surface area contributed by atoms with E-state index in [9.17, 15) is 9.90 Å². The number of benzene rings is 1. The minimum absolute atomic E-state index is 0.140. The molecule has 3 rings (SSSR count). The lowest BCUT2D eigenvalue weighted by molar-refractivity contribution is -0.141. The van der Waals surface area contributed by atoms with Crippen LogP contribution in [0.2, 0.25) is 0 Å². The molecular formula is C16H18N2O3. The first-order valence-corrected chi connectivity index (χ1v) is 7.13. The van der Waals surface area contributed by atoms with Crippen molar-refractivity contribution in [2.75, 3.05) is 24.7 Å². The zero-order chi connectivity index (χ0) is 14.8. The SMILES string of the molecule is CCN(c1ccnc2ccccc12)C1COCC1C(=O)O. The molecule has 2 atom stereocenters. The van der Waals surface area contributed by atoms with Gasteiger partial charge in [-0.1, -0.05) is 18.2 Å². The molecule has 1 fully saturated rings. The molecule has 0 aliphatic carbocycles. The van der Waals surface area contributed by atoms with Crippen molar-refractivity contribution in [1.29, 1.82) is 0 Å². The van der Waals surface area contributed by atoms with Gasteiger partial charge in [0.25, 0.3) is 0 Å². The van der Waals surface area contributed by atoms with Gasteiger partial charge in [0.05, 0.1) is 24.8 Å². The van der Waals surface area contributed by atoms with Gasteiger partial charge in [-0.05, 0) is 19.1 Å². The summed E-state index contributed by atoms with van der Waals surface area (Å²) in [5.74, 6) is -1.29. The van der Waals surface area contributed by atoms with Crippen LogP contribution in [0.4, 0.5) is 5.69 Å². The molecule has 2 heterocycles. The third kappa shape index (κ3) is 2.45. The number of hydrogen-bond donors (Lipinski definition) is 1. The Labute approximate surface area is 123 Å². The number of anilines is 1. The van der Waals surface area contributed by atoms with Crippen LogP contribution in [-0.2, 0) is 9.53 Å². The fraction of sp³-hybridized carbons (Fsp3) is 0.375. The highest BCUT2D eigenvalue weighted by molar-refractivity contribution is 5.91. The molecule has 1 saturated heterocycles. The molecule has 0 spiro atoms. The highest BCUT2D eigenvalue weighted by Crippen LogP contribution is 2.30. The summed E-state index contributed by atoms with van der Waals surface area (Å²) >= 11 is 0. The van der Waals surface area contributed by atoms with E-state index >= 15 is 0 Å². The van der Waals surface area contributed by atoms with E-state index < -0.39 is 11.9 Å². The molecule has 1 N–H and O–H groups in total. The number of ether oxygens (including phenoxy) is 1. The summed E-state index contributed by atoms with van der Waals surface area (Å²) in [6, 6.07) is 9.72. The molecule has 0 amide bonds. The number of aliphatic carboxylic acids is 1. The fourth-order valence-corrected chi connectivity index (χ4v) is 3.00. The second-order valence-electron chi connectivity index (χ2n) is 5.18. The number of hydrogen-bond acceptors (Lipinski definition) is 4. The second-order valence-corrected chi connectivity index (χ2v) is 5.18. The van der Waals surface area contributed by atoms with Gasteiger partial charge >= 0.3 is 5.97 Å². The van der Waals surface area contributed by atoms with Gasteiger partial charge in [-0.2, -0.15) is 0 Å². The Bertz CT molecular complexity index is 654. The van der Waals surface area contributed by atoms with Crippen molar-refractivity contribution in [3.63, 3.8) is 0 Å². The first-order chi connectivity index (χ1) is 10.2. The van der Waals surface area contributed by atoms with Crippen molar-refractivity contribution in [1.82, 2.24) is 4.98 Å². The first kappa shape index (κ1) is 13.8. The molecule has 1 aliphatic heterocycles. The molecule has 5 nitrogen and oxygen atoms in total. The summed E-state index contributed by atoms with van der Waals surface area (Å²) in [5, 5.41) is 10.4. The van der Waals surface area contributed by atoms with Crippen LogP contribution in [0, 0.1) is 5.92 Å². The fourth-order valence-electron chi connectivity index (χ4n) is 3.00. The summed E-state index contributed by atoms with van der Waals surface area (Å²) in [7, 11) is 0. The van der Waals surface area contributed by atoms with Crippen molar-refractivity contribution >= 4 is 22.6 Å². The monoisotopic (exact) mass is 286 g/mol. The van der Waals surface area contributed by atoms with Gasteiger partial charge in [0.15, 0.2) is 0 Å². The van der Waals surface area contributed by atoms with Crippen LogP contribution in [-0.4, -0.2) is 41.9 Å². The van der Waals surface area contributed by atoms with Crippen LogP contribution in [0.1, 0.15) is 6.92 Å². The Morgan fingerprint density at radius 3 is 2.95 bits per heavy atom. The molecular weight excluding hydrogens is 268 g/mol. The number of nitrogens with zero attached hydrogens (tertiary/aromatic N) is 2. The number of carbonyl (C=O) groups is 1. The summed E-state index contributed by atoms with van der Waals surface area (Å²) in [6.45, 7) is 3.49. The van der Waals surface area contributed by atoms with Crippen molar-refractivity contribution in [3.8, 4) is 0 Å². The number of fused-ring (bicyclic) bond motifs is 1. The zero-order valence-corrected chi connectivity index (χ0v) is 11.9. The maximum Gasteiger partial charge on any atom is 0.311 e. The molecule has 5 heteroatoms. The van der Waals surface area contributed by atoms with Gasteiger partial charge < -0.3 is 14.7 Å². The average Bonchev–Trinajstić information content (AvgIpc) is 2.98.